The molecule has 0 unspecified atom stereocenters. The summed E-state index contributed by atoms with van der Waals surface area (Å²) in [6.45, 7) is 9.40. The molecule has 1 aromatic rings. The lowest BCUT2D eigenvalue weighted by atomic mass is 9.93. The molecule has 0 spiro atoms. The number of rotatable bonds is 5. The van der Waals surface area contributed by atoms with E-state index in [0.717, 1.165) is 57.8 Å². The molecule has 0 atom stereocenters. The van der Waals surface area contributed by atoms with Crippen molar-refractivity contribution in [1.29, 1.82) is 0 Å². The zero-order chi connectivity index (χ0) is 16.2. The van der Waals surface area contributed by atoms with E-state index in [1.807, 2.05) is 0 Å². The second-order valence-corrected chi connectivity index (χ2v) is 6.69. The molecule has 0 saturated carbocycles. The first kappa shape index (κ1) is 16.6. The van der Waals surface area contributed by atoms with Gasteiger partial charge in [0.15, 0.2) is 0 Å². The van der Waals surface area contributed by atoms with Crippen LogP contribution >= 0.6 is 0 Å². The zero-order valence-electron chi connectivity index (χ0n) is 14.8. The number of nitrogens with one attached hydrogen (secondary N) is 1. The van der Waals surface area contributed by atoms with E-state index in [0.29, 0.717) is 6.10 Å². The molecule has 1 aromatic carbocycles. The molecule has 2 aliphatic heterocycles. The fourth-order valence-corrected chi connectivity index (χ4v) is 3.94. The number of anilines is 1. The van der Waals surface area contributed by atoms with E-state index in [1.165, 1.54) is 28.8 Å². The van der Waals surface area contributed by atoms with Crippen LogP contribution in [0.15, 0.2) is 6.07 Å². The Hall–Kier alpha value is -1.26. The lowest BCUT2D eigenvalue weighted by Crippen LogP contribution is -2.37. The van der Waals surface area contributed by atoms with E-state index in [-0.39, 0.29) is 0 Å². The van der Waals surface area contributed by atoms with Crippen molar-refractivity contribution in [2.45, 2.75) is 52.2 Å². The van der Waals surface area contributed by atoms with Gasteiger partial charge in [-0.05, 0) is 56.7 Å². The van der Waals surface area contributed by atoms with Gasteiger partial charge in [0.2, 0.25) is 0 Å². The first-order valence-electron chi connectivity index (χ1n) is 9.00. The highest BCUT2D eigenvalue weighted by Gasteiger charge is 2.24. The summed E-state index contributed by atoms with van der Waals surface area (Å²) < 4.78 is 11.5. The molecule has 4 nitrogen and oxygen atoms in total. The largest absolute Gasteiger partial charge is 0.496 e. The van der Waals surface area contributed by atoms with Crippen molar-refractivity contribution in [3.8, 4) is 5.75 Å². The summed E-state index contributed by atoms with van der Waals surface area (Å²) in [7, 11) is 1.79. The van der Waals surface area contributed by atoms with Crippen LogP contribution < -0.4 is 10.1 Å². The van der Waals surface area contributed by atoms with E-state index in [9.17, 15) is 0 Å². The summed E-state index contributed by atoms with van der Waals surface area (Å²) in [6.07, 6.45) is 5.10. The highest BCUT2D eigenvalue weighted by atomic mass is 16.5. The molecule has 0 radical (unpaired) electrons. The SMILES string of the molecule is CCOC1CCN(Cc2c(OC)cc(C)c3c2CCCN3)CC1. The number of piperidine rings is 1. The Balaban J connectivity index is 1.77. The molecule has 2 aliphatic rings. The Bertz CT molecular complexity index is 537. The Labute approximate surface area is 140 Å². The number of nitrogens with zero attached hydrogens (tertiary/aromatic N) is 1. The highest BCUT2D eigenvalue weighted by molar-refractivity contribution is 5.65. The third kappa shape index (κ3) is 3.64. The van der Waals surface area contributed by atoms with Gasteiger partial charge in [0.25, 0.3) is 0 Å². The smallest absolute Gasteiger partial charge is 0.124 e. The summed E-state index contributed by atoms with van der Waals surface area (Å²) in [5.74, 6) is 1.05. The number of fused-ring (bicyclic) bond motifs is 1. The molecule has 1 saturated heterocycles. The second-order valence-electron chi connectivity index (χ2n) is 6.69. The monoisotopic (exact) mass is 318 g/mol. The maximum Gasteiger partial charge on any atom is 0.124 e. The van der Waals surface area contributed by atoms with Gasteiger partial charge in [-0.3, -0.25) is 4.90 Å². The van der Waals surface area contributed by atoms with Gasteiger partial charge in [-0.2, -0.15) is 0 Å². The minimum absolute atomic E-state index is 0.451. The van der Waals surface area contributed by atoms with Gasteiger partial charge < -0.3 is 14.8 Å². The average molecular weight is 318 g/mol. The van der Waals surface area contributed by atoms with Crippen LogP contribution in [0.1, 0.15) is 42.9 Å². The van der Waals surface area contributed by atoms with Crippen LogP contribution in [0.25, 0.3) is 0 Å². The second kappa shape index (κ2) is 7.54. The predicted molar refractivity (Wildman–Crippen MR) is 94.5 cm³/mol. The van der Waals surface area contributed by atoms with Crippen LogP contribution in [0.4, 0.5) is 5.69 Å². The minimum atomic E-state index is 0.451. The Morgan fingerprint density at radius 2 is 2.09 bits per heavy atom. The van der Waals surface area contributed by atoms with Crippen LogP contribution in [0.3, 0.4) is 0 Å². The number of methoxy groups -OCH3 is 1. The van der Waals surface area contributed by atoms with Crippen molar-refractivity contribution in [1.82, 2.24) is 4.90 Å². The fraction of sp³-hybridized carbons (Fsp3) is 0.684. The molecule has 1 N–H and O–H groups in total. The molecule has 128 valence electrons. The molecule has 0 amide bonds. The Morgan fingerprint density at radius 1 is 1.30 bits per heavy atom. The normalized spacial score (nSPS) is 19.3. The number of benzene rings is 1. The summed E-state index contributed by atoms with van der Waals surface area (Å²) in [6, 6.07) is 2.19. The van der Waals surface area contributed by atoms with Crippen LogP contribution in [0.5, 0.6) is 5.75 Å². The fourth-order valence-electron chi connectivity index (χ4n) is 3.94. The van der Waals surface area contributed by atoms with Gasteiger partial charge in [0.1, 0.15) is 5.75 Å². The summed E-state index contributed by atoms with van der Waals surface area (Å²) >= 11 is 0. The van der Waals surface area contributed by atoms with Gasteiger partial charge >= 0.3 is 0 Å². The van der Waals surface area contributed by atoms with Crippen molar-refractivity contribution in [3.63, 3.8) is 0 Å². The summed E-state index contributed by atoms with van der Waals surface area (Å²) in [5, 5.41) is 3.59. The first-order chi connectivity index (χ1) is 11.2. The third-order valence-electron chi connectivity index (χ3n) is 5.15. The van der Waals surface area contributed by atoms with Crippen molar-refractivity contribution in [3.05, 3.63) is 22.8 Å². The number of aryl methyl sites for hydroxylation is 1. The first-order valence-corrected chi connectivity index (χ1v) is 9.00. The van der Waals surface area contributed by atoms with E-state index >= 15 is 0 Å². The number of hydrogen-bond acceptors (Lipinski definition) is 4. The molecule has 0 bridgehead atoms. The predicted octanol–water partition coefficient (Wildman–Crippen LogP) is 3.36. The molecular weight excluding hydrogens is 288 g/mol. The third-order valence-corrected chi connectivity index (χ3v) is 5.15. The molecule has 4 heteroatoms. The maximum atomic E-state index is 5.77. The Kier molecular flexibility index (Phi) is 5.44. The topological polar surface area (TPSA) is 33.7 Å². The van der Waals surface area contributed by atoms with Gasteiger partial charge in [0, 0.05) is 44.0 Å². The lowest BCUT2D eigenvalue weighted by molar-refractivity contribution is 0.0123. The number of hydrogen-bond donors (Lipinski definition) is 1. The number of ether oxygens (including phenoxy) is 2. The molecule has 2 heterocycles. The molecule has 23 heavy (non-hydrogen) atoms. The van der Waals surface area contributed by atoms with E-state index in [2.05, 4.69) is 30.1 Å². The van der Waals surface area contributed by atoms with Crippen molar-refractivity contribution in [2.24, 2.45) is 0 Å². The maximum absolute atomic E-state index is 5.77. The van der Waals surface area contributed by atoms with Gasteiger partial charge in [-0.1, -0.05) is 0 Å². The van der Waals surface area contributed by atoms with Crippen molar-refractivity contribution < 1.29 is 9.47 Å². The van der Waals surface area contributed by atoms with Gasteiger partial charge in [-0.15, -0.1) is 0 Å². The quantitative estimate of drug-likeness (QED) is 0.902. The minimum Gasteiger partial charge on any atom is -0.496 e. The van der Waals surface area contributed by atoms with E-state index in [4.69, 9.17) is 9.47 Å². The molecule has 3 rings (SSSR count). The summed E-state index contributed by atoms with van der Waals surface area (Å²) in [4.78, 5) is 2.55. The van der Waals surface area contributed by atoms with Crippen molar-refractivity contribution in [2.75, 3.05) is 38.7 Å². The van der Waals surface area contributed by atoms with Crippen LogP contribution in [-0.4, -0.2) is 44.4 Å². The van der Waals surface area contributed by atoms with Gasteiger partial charge in [-0.25, -0.2) is 0 Å². The van der Waals surface area contributed by atoms with Crippen LogP contribution in [0.2, 0.25) is 0 Å². The summed E-state index contributed by atoms with van der Waals surface area (Å²) in [5.41, 5.74) is 5.50. The van der Waals surface area contributed by atoms with Crippen LogP contribution in [-0.2, 0) is 17.7 Å². The van der Waals surface area contributed by atoms with Crippen LogP contribution in [0, 0.1) is 6.92 Å². The Morgan fingerprint density at radius 3 is 2.78 bits per heavy atom. The number of likely N-dealkylation sites (tertiary alicyclic amines) is 1. The standard InChI is InChI=1S/C19H30N2O2/c1-4-23-15-7-10-21(11-8-15)13-17-16-6-5-9-20-19(16)14(2)12-18(17)22-3/h12,15,20H,4-11,13H2,1-3H3. The van der Waals surface area contributed by atoms with Crippen molar-refractivity contribution >= 4 is 5.69 Å². The zero-order valence-corrected chi connectivity index (χ0v) is 14.8. The molecule has 0 aliphatic carbocycles. The molecule has 1 fully saturated rings. The highest BCUT2D eigenvalue weighted by Crippen LogP contribution is 2.36. The average Bonchev–Trinajstić information content (AvgIpc) is 2.59. The van der Waals surface area contributed by atoms with E-state index < -0.39 is 0 Å². The van der Waals surface area contributed by atoms with Gasteiger partial charge in [0.05, 0.1) is 13.2 Å². The lowest BCUT2D eigenvalue weighted by Gasteiger charge is -2.33. The molecular formula is C19H30N2O2. The molecule has 0 aromatic heterocycles. The van der Waals surface area contributed by atoms with E-state index in [1.54, 1.807) is 7.11 Å².